The second-order valence-corrected chi connectivity index (χ2v) is 9.77. The van der Waals surface area contributed by atoms with Gasteiger partial charge >= 0.3 is 0 Å². The molecule has 0 bridgehead atoms. The van der Waals surface area contributed by atoms with Crippen molar-refractivity contribution >= 4 is 0 Å². The van der Waals surface area contributed by atoms with E-state index < -0.39 is 0 Å². The largest absolute Gasteiger partial charge is 0.362 e. The van der Waals surface area contributed by atoms with Crippen LogP contribution in [0.3, 0.4) is 0 Å². The molecule has 6 aliphatic rings. The van der Waals surface area contributed by atoms with E-state index in [1.165, 1.54) is 51.4 Å². The minimum Gasteiger partial charge on any atom is -0.362 e. The van der Waals surface area contributed by atoms with Gasteiger partial charge in [0.1, 0.15) is 11.2 Å². The number of epoxide rings is 1. The van der Waals surface area contributed by atoms with Crippen LogP contribution in [-0.2, 0) is 14.2 Å². The summed E-state index contributed by atoms with van der Waals surface area (Å²) in [5.74, 6) is 2.45. The monoisotopic (exact) mass is 318 g/mol. The molecule has 0 amide bonds. The molecule has 2 saturated heterocycles. The van der Waals surface area contributed by atoms with Gasteiger partial charge in [-0.25, -0.2) is 0 Å². The molecule has 0 radical (unpaired) electrons. The maximum Gasteiger partial charge on any atom is 0.171 e. The minimum atomic E-state index is -0.288. The Kier molecular flexibility index (Phi) is 2.55. The molecule has 2 aliphatic heterocycles. The van der Waals surface area contributed by atoms with E-state index in [1.54, 1.807) is 0 Å². The molecule has 128 valence electrons. The molecule has 4 aliphatic carbocycles. The van der Waals surface area contributed by atoms with Crippen LogP contribution in [0.4, 0.5) is 0 Å². The second-order valence-electron chi connectivity index (χ2n) is 9.77. The molecule has 0 aromatic rings. The van der Waals surface area contributed by atoms with Crippen LogP contribution in [0.25, 0.3) is 0 Å². The molecule has 4 saturated carbocycles. The van der Waals surface area contributed by atoms with Crippen molar-refractivity contribution in [1.82, 2.24) is 0 Å². The predicted octanol–water partition coefficient (Wildman–Crippen LogP) is 4.05. The molecular formula is C20H30O3. The molecule has 0 aromatic carbocycles. The third-order valence-electron chi connectivity index (χ3n) is 9.05. The van der Waals surface area contributed by atoms with Crippen LogP contribution in [0, 0.1) is 23.2 Å². The maximum absolute atomic E-state index is 6.69. The van der Waals surface area contributed by atoms with Gasteiger partial charge in [0.05, 0.1) is 13.2 Å². The van der Waals surface area contributed by atoms with Crippen LogP contribution in [0.1, 0.15) is 71.1 Å². The lowest BCUT2D eigenvalue weighted by Gasteiger charge is -2.53. The third-order valence-corrected chi connectivity index (χ3v) is 9.05. The van der Waals surface area contributed by atoms with Crippen LogP contribution in [0.15, 0.2) is 0 Å². The van der Waals surface area contributed by atoms with E-state index in [0.717, 1.165) is 43.8 Å². The smallest absolute Gasteiger partial charge is 0.171 e. The van der Waals surface area contributed by atoms with Gasteiger partial charge in [-0.2, -0.15) is 0 Å². The third kappa shape index (κ3) is 1.58. The molecule has 1 spiro atoms. The molecule has 3 nitrogen and oxygen atoms in total. The summed E-state index contributed by atoms with van der Waals surface area (Å²) in [6.07, 6.45) is 13.2. The molecule has 3 heteroatoms. The first-order chi connectivity index (χ1) is 11.1. The first-order valence-corrected chi connectivity index (χ1v) is 10.1. The van der Waals surface area contributed by atoms with E-state index in [0.29, 0.717) is 5.41 Å². The topological polar surface area (TPSA) is 31.0 Å². The van der Waals surface area contributed by atoms with Crippen molar-refractivity contribution in [3.63, 3.8) is 0 Å². The highest BCUT2D eigenvalue weighted by molar-refractivity contribution is 5.27. The van der Waals surface area contributed by atoms with E-state index in [9.17, 15) is 0 Å². The Hall–Kier alpha value is -0.120. The number of hydrogen-bond donors (Lipinski definition) is 0. The van der Waals surface area contributed by atoms with Gasteiger partial charge in [0, 0.05) is 12.8 Å². The number of hydrogen-bond acceptors (Lipinski definition) is 3. The van der Waals surface area contributed by atoms with Gasteiger partial charge in [-0.15, -0.1) is 0 Å². The van der Waals surface area contributed by atoms with Crippen molar-refractivity contribution in [3.8, 4) is 0 Å². The quantitative estimate of drug-likeness (QED) is 0.631. The van der Waals surface area contributed by atoms with E-state index in [2.05, 4.69) is 6.92 Å². The normalized spacial score (nSPS) is 59.1. The zero-order valence-corrected chi connectivity index (χ0v) is 14.4. The molecule has 1 unspecified atom stereocenters. The van der Waals surface area contributed by atoms with Crippen LogP contribution < -0.4 is 0 Å². The molecule has 6 fully saturated rings. The van der Waals surface area contributed by atoms with Gasteiger partial charge in [0.25, 0.3) is 0 Å². The first-order valence-electron chi connectivity index (χ1n) is 10.1. The average Bonchev–Trinajstić information content (AvgIpc) is 2.79. The Bertz CT molecular complexity index is 541. The minimum absolute atomic E-state index is 0.114. The molecule has 23 heavy (non-hydrogen) atoms. The van der Waals surface area contributed by atoms with E-state index in [1.807, 2.05) is 0 Å². The first kappa shape index (κ1) is 14.1. The standard InChI is InChI=1S/C20H30O3/c1-17-6-2-3-15(17)14-4-8-18-13-19(21-11-12-22-19)9-10-20(18,23-18)16(14)5-7-17/h14-16H,2-13H2,1H3/t14-,15-,16?,17-,18+,20+/m0/s1. The summed E-state index contributed by atoms with van der Waals surface area (Å²) >= 11 is 0. The van der Waals surface area contributed by atoms with Crippen molar-refractivity contribution in [1.29, 1.82) is 0 Å². The van der Waals surface area contributed by atoms with Crippen LogP contribution in [-0.4, -0.2) is 30.2 Å². The highest BCUT2D eigenvalue weighted by Gasteiger charge is 2.80. The lowest BCUT2D eigenvalue weighted by Crippen LogP contribution is -2.55. The lowest BCUT2D eigenvalue weighted by molar-refractivity contribution is -0.190. The molecule has 0 N–H and O–H groups in total. The molecule has 2 heterocycles. The predicted molar refractivity (Wildman–Crippen MR) is 85.9 cm³/mol. The van der Waals surface area contributed by atoms with Gasteiger partial charge in [0.15, 0.2) is 5.79 Å². The van der Waals surface area contributed by atoms with Crippen molar-refractivity contribution < 1.29 is 14.2 Å². The van der Waals surface area contributed by atoms with Crippen LogP contribution in [0.2, 0.25) is 0 Å². The fourth-order valence-electron chi connectivity index (χ4n) is 8.04. The van der Waals surface area contributed by atoms with Crippen molar-refractivity contribution in [2.45, 2.75) is 88.1 Å². The van der Waals surface area contributed by atoms with E-state index in [4.69, 9.17) is 14.2 Å². The summed E-state index contributed by atoms with van der Waals surface area (Å²) in [7, 11) is 0. The fraction of sp³-hybridized carbons (Fsp3) is 1.00. The summed E-state index contributed by atoms with van der Waals surface area (Å²) in [5, 5.41) is 0. The van der Waals surface area contributed by atoms with Crippen LogP contribution >= 0.6 is 0 Å². The zero-order chi connectivity index (χ0) is 15.3. The van der Waals surface area contributed by atoms with Gasteiger partial charge in [-0.1, -0.05) is 13.3 Å². The Morgan fingerprint density at radius 1 is 0.826 bits per heavy atom. The Labute approximate surface area is 139 Å². The Morgan fingerprint density at radius 2 is 1.70 bits per heavy atom. The van der Waals surface area contributed by atoms with Gasteiger partial charge < -0.3 is 14.2 Å². The lowest BCUT2D eigenvalue weighted by atomic mass is 9.50. The van der Waals surface area contributed by atoms with Gasteiger partial charge in [-0.05, 0) is 68.1 Å². The Morgan fingerprint density at radius 3 is 2.57 bits per heavy atom. The molecular weight excluding hydrogens is 288 g/mol. The molecule has 6 rings (SSSR count). The molecule has 0 aromatic heterocycles. The van der Waals surface area contributed by atoms with Crippen molar-refractivity contribution in [2.24, 2.45) is 23.2 Å². The number of ether oxygens (including phenoxy) is 3. The highest BCUT2D eigenvalue weighted by Crippen LogP contribution is 2.74. The van der Waals surface area contributed by atoms with Crippen molar-refractivity contribution in [2.75, 3.05) is 13.2 Å². The summed E-state index contributed by atoms with van der Waals surface area (Å²) in [5.41, 5.74) is 0.976. The van der Waals surface area contributed by atoms with Gasteiger partial charge in [-0.3, -0.25) is 0 Å². The summed E-state index contributed by atoms with van der Waals surface area (Å²) in [6.45, 7) is 4.13. The zero-order valence-electron chi connectivity index (χ0n) is 14.4. The summed E-state index contributed by atoms with van der Waals surface area (Å²) in [4.78, 5) is 0. The van der Waals surface area contributed by atoms with E-state index in [-0.39, 0.29) is 17.0 Å². The highest BCUT2D eigenvalue weighted by atomic mass is 16.7. The van der Waals surface area contributed by atoms with Crippen LogP contribution in [0.5, 0.6) is 0 Å². The number of rotatable bonds is 0. The number of fused-ring (bicyclic) bond motifs is 3. The average molecular weight is 318 g/mol. The SMILES string of the molecule is C[C@@]12CCC[C@H]1[C@@H]1CC[C@@]34CC5(CC[C@@]3(O4)C1CC2)OCCO5. The maximum atomic E-state index is 6.69. The van der Waals surface area contributed by atoms with E-state index >= 15 is 0 Å². The summed E-state index contributed by atoms with van der Waals surface area (Å²) < 4.78 is 18.8. The Balaban J connectivity index is 1.31. The second kappa shape index (κ2) is 4.16. The van der Waals surface area contributed by atoms with Gasteiger partial charge in [0.2, 0.25) is 0 Å². The molecule has 6 atom stereocenters. The van der Waals surface area contributed by atoms with Crippen molar-refractivity contribution in [3.05, 3.63) is 0 Å². The summed E-state index contributed by atoms with van der Waals surface area (Å²) in [6, 6.07) is 0. The fourth-order valence-corrected chi connectivity index (χ4v) is 8.04.